The lowest BCUT2D eigenvalue weighted by atomic mass is 10.1. The summed E-state index contributed by atoms with van der Waals surface area (Å²) >= 11 is 5.57. The van der Waals surface area contributed by atoms with Crippen LogP contribution in [0.4, 0.5) is 27.8 Å². The fourth-order valence-electron chi connectivity index (χ4n) is 1.26. The second-order valence-corrected chi connectivity index (χ2v) is 4.76. The van der Waals surface area contributed by atoms with Crippen LogP contribution in [0.15, 0.2) is 11.2 Å². The zero-order chi connectivity index (χ0) is 16.3. The van der Waals surface area contributed by atoms with Gasteiger partial charge in [-0.1, -0.05) is 11.6 Å². The summed E-state index contributed by atoms with van der Waals surface area (Å²) in [7, 11) is 3.31. The van der Waals surface area contributed by atoms with Gasteiger partial charge in [0.25, 0.3) is 0 Å². The lowest BCUT2D eigenvalue weighted by Gasteiger charge is -2.19. The van der Waals surface area contributed by atoms with Crippen LogP contribution >= 0.6 is 11.6 Å². The number of halogens is 6. The Morgan fingerprint density at radius 3 is 2.43 bits per heavy atom. The van der Waals surface area contributed by atoms with E-state index in [0.29, 0.717) is 0 Å². The Balaban J connectivity index is 2.95. The first-order chi connectivity index (χ1) is 9.53. The van der Waals surface area contributed by atoms with Crippen molar-refractivity contribution in [2.24, 2.45) is 4.99 Å². The van der Waals surface area contributed by atoms with Crippen molar-refractivity contribution in [2.75, 3.05) is 14.1 Å². The van der Waals surface area contributed by atoms with E-state index in [1.54, 1.807) is 19.0 Å². The molecule has 0 bridgehead atoms. The third-order valence-corrected chi connectivity index (χ3v) is 2.48. The predicted octanol–water partition coefficient (Wildman–Crippen LogP) is 3.48. The number of aliphatic imine (C=N–C) groups is 1. The molecule has 0 aliphatic heterocycles. The first-order valence-corrected chi connectivity index (χ1v) is 6.07. The number of aromatic nitrogens is 2. The van der Waals surface area contributed by atoms with Gasteiger partial charge in [-0.05, 0) is 6.42 Å². The summed E-state index contributed by atoms with van der Waals surface area (Å²) in [5.74, 6) is -4.86. The molecular formula is C11H12ClF5N4. The van der Waals surface area contributed by atoms with Gasteiger partial charge in [0.2, 0.25) is 0 Å². The smallest absolute Gasteiger partial charge is 0.369 e. The number of hydrogen-bond donors (Lipinski definition) is 0. The number of nitrogens with zero attached hydrogens (tertiary/aromatic N) is 4. The molecule has 118 valence electrons. The van der Waals surface area contributed by atoms with Crippen molar-refractivity contribution in [3.05, 3.63) is 17.0 Å². The Hall–Kier alpha value is -1.51. The molecule has 0 radical (unpaired) electrons. The van der Waals surface area contributed by atoms with Gasteiger partial charge in [0.15, 0.2) is 5.82 Å². The van der Waals surface area contributed by atoms with Crippen LogP contribution in [-0.2, 0) is 6.42 Å². The van der Waals surface area contributed by atoms with Crippen molar-refractivity contribution in [1.82, 2.24) is 14.9 Å². The van der Waals surface area contributed by atoms with E-state index in [1.807, 2.05) is 0 Å². The van der Waals surface area contributed by atoms with Gasteiger partial charge in [-0.25, -0.2) is 15.0 Å². The molecule has 1 aromatic heterocycles. The van der Waals surface area contributed by atoms with Gasteiger partial charge >= 0.3 is 12.1 Å². The van der Waals surface area contributed by atoms with Crippen LogP contribution < -0.4 is 0 Å². The Morgan fingerprint density at radius 1 is 1.29 bits per heavy atom. The highest BCUT2D eigenvalue weighted by atomic mass is 35.5. The predicted molar refractivity (Wildman–Crippen MR) is 68.2 cm³/mol. The summed E-state index contributed by atoms with van der Waals surface area (Å²) in [6.07, 6.45) is -5.25. The average Bonchev–Trinajstić information content (AvgIpc) is 2.33. The molecule has 0 atom stereocenters. The van der Waals surface area contributed by atoms with Crippen LogP contribution in [0.2, 0.25) is 5.15 Å². The lowest BCUT2D eigenvalue weighted by molar-refractivity contribution is -0.284. The highest BCUT2D eigenvalue weighted by Gasteiger charge is 2.56. The maximum atomic E-state index is 12.9. The highest BCUT2D eigenvalue weighted by Crippen LogP contribution is 2.39. The second kappa shape index (κ2) is 6.50. The molecule has 0 aliphatic rings. The molecule has 1 aromatic rings. The van der Waals surface area contributed by atoms with E-state index >= 15 is 0 Å². The quantitative estimate of drug-likeness (QED) is 0.471. The maximum absolute atomic E-state index is 12.9. The average molecular weight is 331 g/mol. The van der Waals surface area contributed by atoms with Crippen LogP contribution in [0.5, 0.6) is 0 Å². The Bertz CT molecular complexity index is 516. The van der Waals surface area contributed by atoms with Crippen LogP contribution in [0.25, 0.3) is 0 Å². The number of alkyl halides is 5. The summed E-state index contributed by atoms with van der Waals surface area (Å²) < 4.78 is 62.2. The van der Waals surface area contributed by atoms with Gasteiger partial charge in [-0.15, -0.1) is 0 Å². The summed E-state index contributed by atoms with van der Waals surface area (Å²) in [6.45, 7) is 0. The van der Waals surface area contributed by atoms with Crippen LogP contribution in [0.3, 0.4) is 0 Å². The third-order valence-electron chi connectivity index (χ3n) is 2.29. The summed E-state index contributed by atoms with van der Waals surface area (Å²) in [4.78, 5) is 12.9. The number of hydrogen-bond acceptors (Lipinski definition) is 3. The standard InChI is InChI=1S/C11H12ClF5N4/c1-21(2)6-19-9-7(20-8(12)5-18-9)3-4-10(13,14)11(15,16)17/h5-6H,3-4H2,1-2H3/b19-6-. The topological polar surface area (TPSA) is 41.4 Å². The van der Waals surface area contributed by atoms with E-state index in [0.717, 1.165) is 6.20 Å². The van der Waals surface area contributed by atoms with Gasteiger partial charge in [0, 0.05) is 20.5 Å². The zero-order valence-electron chi connectivity index (χ0n) is 11.1. The van der Waals surface area contributed by atoms with Crippen molar-refractivity contribution in [3.8, 4) is 0 Å². The fraction of sp³-hybridized carbons (Fsp3) is 0.545. The first-order valence-electron chi connectivity index (χ1n) is 5.69. The molecule has 0 saturated heterocycles. The van der Waals surface area contributed by atoms with E-state index in [1.165, 1.54) is 6.34 Å². The Morgan fingerprint density at radius 2 is 1.90 bits per heavy atom. The highest BCUT2D eigenvalue weighted by molar-refractivity contribution is 6.29. The summed E-state index contributed by atoms with van der Waals surface area (Å²) in [5, 5.41) is -0.107. The van der Waals surface area contributed by atoms with E-state index in [9.17, 15) is 22.0 Å². The van der Waals surface area contributed by atoms with E-state index in [-0.39, 0.29) is 16.7 Å². The van der Waals surface area contributed by atoms with Gasteiger partial charge in [0.1, 0.15) is 5.15 Å². The normalized spacial score (nSPS) is 13.0. The summed E-state index contributed by atoms with van der Waals surface area (Å²) in [5.41, 5.74) is -0.121. The molecule has 10 heteroatoms. The van der Waals surface area contributed by atoms with E-state index in [2.05, 4.69) is 15.0 Å². The Labute approximate surface area is 122 Å². The largest absolute Gasteiger partial charge is 0.453 e. The SMILES string of the molecule is CN(C)/C=N\c1ncc(Cl)nc1CCC(F)(F)C(F)(F)F. The van der Waals surface area contributed by atoms with Crippen molar-refractivity contribution in [1.29, 1.82) is 0 Å². The molecule has 0 N–H and O–H groups in total. The third kappa shape index (κ3) is 5.07. The fourth-order valence-corrected chi connectivity index (χ4v) is 1.41. The van der Waals surface area contributed by atoms with Crippen molar-refractivity contribution in [3.63, 3.8) is 0 Å². The van der Waals surface area contributed by atoms with Gasteiger partial charge < -0.3 is 4.90 Å². The van der Waals surface area contributed by atoms with Gasteiger partial charge in [-0.3, -0.25) is 0 Å². The van der Waals surface area contributed by atoms with E-state index < -0.39 is 24.9 Å². The lowest BCUT2D eigenvalue weighted by Crippen LogP contribution is -2.36. The van der Waals surface area contributed by atoms with Gasteiger partial charge in [0.05, 0.1) is 18.2 Å². The molecule has 0 unspecified atom stereocenters. The monoisotopic (exact) mass is 330 g/mol. The van der Waals surface area contributed by atoms with E-state index in [4.69, 9.17) is 11.6 Å². The maximum Gasteiger partial charge on any atom is 0.453 e. The van der Waals surface area contributed by atoms with Gasteiger partial charge in [-0.2, -0.15) is 22.0 Å². The number of rotatable bonds is 5. The molecule has 4 nitrogen and oxygen atoms in total. The molecule has 0 fully saturated rings. The first kappa shape index (κ1) is 17.5. The minimum Gasteiger partial charge on any atom is -0.369 e. The molecule has 0 aromatic carbocycles. The van der Waals surface area contributed by atoms with Crippen LogP contribution in [0, 0.1) is 0 Å². The Kier molecular flexibility index (Phi) is 5.43. The summed E-state index contributed by atoms with van der Waals surface area (Å²) in [6, 6.07) is 0. The minimum atomic E-state index is -5.61. The molecule has 1 heterocycles. The molecule has 0 saturated carbocycles. The molecular weight excluding hydrogens is 319 g/mol. The van der Waals surface area contributed by atoms with Crippen molar-refractivity contribution < 1.29 is 22.0 Å². The minimum absolute atomic E-state index is 0.0499. The van der Waals surface area contributed by atoms with Crippen LogP contribution in [0.1, 0.15) is 12.1 Å². The number of aryl methyl sites for hydroxylation is 1. The van der Waals surface area contributed by atoms with Crippen molar-refractivity contribution in [2.45, 2.75) is 24.9 Å². The van der Waals surface area contributed by atoms with Crippen molar-refractivity contribution >= 4 is 23.8 Å². The zero-order valence-corrected chi connectivity index (χ0v) is 11.9. The molecule has 0 aliphatic carbocycles. The molecule has 1 rings (SSSR count). The van der Waals surface area contributed by atoms with Crippen LogP contribution in [-0.4, -0.2) is 47.4 Å². The molecule has 21 heavy (non-hydrogen) atoms. The molecule has 0 amide bonds. The second-order valence-electron chi connectivity index (χ2n) is 4.37. The molecule has 0 spiro atoms.